The molecule has 0 aromatic heterocycles. The molecule has 3 aliphatic heterocycles. The largest absolute Gasteiger partial charge is 0.369 e. The lowest BCUT2D eigenvalue weighted by Gasteiger charge is -2.29. The van der Waals surface area contributed by atoms with Crippen molar-refractivity contribution >= 4 is 88.6 Å². The molecule has 114 heavy (non-hydrogen) atoms. The second-order valence-corrected chi connectivity index (χ2v) is 34.1. The van der Waals surface area contributed by atoms with Crippen LogP contribution in [0.4, 0.5) is 0 Å². The summed E-state index contributed by atoms with van der Waals surface area (Å²) in [6.07, 6.45) is 10.8. The van der Waals surface area contributed by atoms with Gasteiger partial charge in [0.25, 0.3) is 0 Å². The van der Waals surface area contributed by atoms with Crippen LogP contribution in [-0.2, 0) is 71.9 Å². The molecule has 0 spiro atoms. The molecule has 640 valence electrons. The van der Waals surface area contributed by atoms with Gasteiger partial charge in [-0.15, -0.1) is 0 Å². The van der Waals surface area contributed by atoms with Crippen LogP contribution in [-0.4, -0.2) is 232 Å². The molecule has 25 N–H and O–H groups in total. The highest BCUT2D eigenvalue weighted by molar-refractivity contribution is 5.96. The van der Waals surface area contributed by atoms with E-state index < -0.39 is 215 Å². The summed E-state index contributed by atoms with van der Waals surface area (Å²) < 4.78 is 0. The molecule has 0 radical (unpaired) electrons. The first kappa shape index (κ1) is 91.3. The fourth-order valence-corrected chi connectivity index (χ4v) is 17.7. The number of primary amides is 1. The third kappa shape index (κ3) is 25.9. The first-order valence-electron chi connectivity index (χ1n) is 42.2. The Labute approximate surface area is 669 Å². The number of carbonyl (C=O) groups excluding carboxylic acids is 15. The summed E-state index contributed by atoms with van der Waals surface area (Å²) in [6, 6.07) is -11.6. The maximum atomic E-state index is 14.5. The van der Waals surface area contributed by atoms with Gasteiger partial charge >= 0.3 is 0 Å². The fraction of sp³-hybridized carbons (Fsp3) is 0.808. The van der Waals surface area contributed by atoms with E-state index in [1.807, 2.05) is 27.7 Å². The minimum Gasteiger partial charge on any atom is -0.369 e. The van der Waals surface area contributed by atoms with E-state index >= 15 is 0 Å². The Balaban J connectivity index is 0.791. The van der Waals surface area contributed by atoms with Gasteiger partial charge < -0.3 is 113 Å². The van der Waals surface area contributed by atoms with Crippen LogP contribution < -0.4 is 113 Å². The van der Waals surface area contributed by atoms with E-state index in [1.54, 1.807) is 0 Å². The minimum atomic E-state index is -1.07. The Morgan fingerprint density at radius 2 is 0.561 bits per heavy atom. The average Bonchev–Trinajstić information content (AvgIpc) is 1.63. The second-order valence-electron chi connectivity index (χ2n) is 34.1. The van der Waals surface area contributed by atoms with Crippen molar-refractivity contribution in [3.63, 3.8) is 0 Å². The summed E-state index contributed by atoms with van der Waals surface area (Å²) in [4.78, 5) is 207. The summed E-state index contributed by atoms with van der Waals surface area (Å²) in [6.45, 7) is 15.0. The van der Waals surface area contributed by atoms with Gasteiger partial charge in [-0.25, -0.2) is 0 Å². The number of unbranched alkanes of at least 4 members (excludes halogenated alkanes) is 2. The highest BCUT2D eigenvalue weighted by Crippen LogP contribution is 2.32. The van der Waals surface area contributed by atoms with Crippen molar-refractivity contribution in [1.29, 1.82) is 0 Å². The predicted octanol–water partition coefficient (Wildman–Crippen LogP) is -4.35. The van der Waals surface area contributed by atoms with Crippen LogP contribution in [0.15, 0.2) is 0 Å². The number of amides is 15. The van der Waals surface area contributed by atoms with Crippen LogP contribution in [0.3, 0.4) is 0 Å². The molecule has 8 fully saturated rings. The molecule has 0 bridgehead atoms. The highest BCUT2D eigenvalue weighted by atomic mass is 16.2. The molecule has 0 aromatic carbocycles. The van der Waals surface area contributed by atoms with Crippen LogP contribution in [0.2, 0.25) is 0 Å². The molecule has 5 saturated carbocycles. The standard InChI is InChI=1S/C78H133N21O15/c1-39(2)31-60(77(113)93-57-28-15-20-47(57)71(107)95-58(22-8-10-29-79)75(111)90-54-25-12-17-44(54)68(104)86-42(6)66(102)98-62-37-84-34-50(62)64(82)100)96-72(108)48-21-16-27-56(48)91-76(112)59(23-9-11-30-80)94-70(106)46-19-14-24-53(46)89-65(101)41(5)88-74(110)51-35-85-38-63(51)99-67(103)43(7)87-69(105)45-18-13-26-55(45)92-78(114)61(32-40(3)4)97-73(109)49-33-83-36-52(49)81/h39-63,83-85H,8-38,79-81H2,1-7H3,(H2,82,100)(H,86,104)(H,87,105)(H,88,110)(H,89,101)(H,90,111)(H,91,112)(H,92,114)(H,93,113)(H,94,106)(H,95,107)(H,96,108)(H,97,109)(H,98,102)(H,99,103)/t41-,42-,43-,44-,45-,46-,47-,48-,49-,50-,51-,52-,53-,54-,55-,56-,57-,58-,59-,60-,61-,62-,63-/m0/s1. The Kier molecular flexibility index (Phi) is 35.4. The van der Waals surface area contributed by atoms with Gasteiger partial charge in [0.05, 0.1) is 59.4 Å². The summed E-state index contributed by atoms with van der Waals surface area (Å²) >= 11 is 0. The van der Waals surface area contributed by atoms with Crippen LogP contribution in [0.5, 0.6) is 0 Å². The van der Waals surface area contributed by atoms with E-state index in [0.29, 0.717) is 168 Å². The molecule has 3 heterocycles. The number of rotatable bonds is 41. The normalized spacial score (nSPS) is 28.9. The first-order chi connectivity index (χ1) is 54.3. The smallest absolute Gasteiger partial charge is 0.242 e. The van der Waals surface area contributed by atoms with Crippen LogP contribution in [0.25, 0.3) is 0 Å². The van der Waals surface area contributed by atoms with Crippen LogP contribution in [0, 0.1) is 59.2 Å². The van der Waals surface area contributed by atoms with Crippen molar-refractivity contribution in [3.8, 4) is 0 Å². The van der Waals surface area contributed by atoms with Crippen molar-refractivity contribution in [2.45, 2.75) is 287 Å². The molecular formula is C78H133N21O15. The number of hydrogen-bond acceptors (Lipinski definition) is 21. The molecule has 36 heteroatoms. The minimum absolute atomic E-state index is 0.0611. The third-order valence-corrected chi connectivity index (χ3v) is 24.4. The monoisotopic (exact) mass is 1600 g/mol. The van der Waals surface area contributed by atoms with E-state index in [1.165, 1.54) is 20.8 Å². The van der Waals surface area contributed by atoms with E-state index in [0.717, 1.165) is 0 Å². The molecule has 23 atom stereocenters. The van der Waals surface area contributed by atoms with Gasteiger partial charge in [-0.1, -0.05) is 59.8 Å². The number of carbonyl (C=O) groups is 15. The summed E-state index contributed by atoms with van der Waals surface area (Å²) in [5.74, 6) is -12.3. The number of hydrogen-bond donors (Lipinski definition) is 21. The van der Waals surface area contributed by atoms with Crippen molar-refractivity contribution in [1.82, 2.24) is 90.4 Å². The van der Waals surface area contributed by atoms with Crippen molar-refractivity contribution < 1.29 is 71.9 Å². The van der Waals surface area contributed by atoms with Crippen molar-refractivity contribution in [3.05, 3.63) is 0 Å². The van der Waals surface area contributed by atoms with Gasteiger partial charge in [0.15, 0.2) is 0 Å². The Morgan fingerprint density at radius 1 is 0.298 bits per heavy atom. The Hall–Kier alpha value is -8.19. The van der Waals surface area contributed by atoms with E-state index in [9.17, 15) is 71.9 Å². The van der Waals surface area contributed by atoms with Gasteiger partial charge in [0.2, 0.25) is 88.6 Å². The zero-order valence-electron chi connectivity index (χ0n) is 67.8. The zero-order valence-corrected chi connectivity index (χ0v) is 67.8. The zero-order chi connectivity index (χ0) is 83.0. The summed E-state index contributed by atoms with van der Waals surface area (Å²) in [7, 11) is 0. The van der Waals surface area contributed by atoms with Gasteiger partial charge in [0, 0.05) is 75.5 Å². The molecule has 8 rings (SSSR count). The lowest BCUT2D eigenvalue weighted by atomic mass is 9.97. The maximum Gasteiger partial charge on any atom is 0.242 e. The number of nitrogens with one attached hydrogen (secondary N) is 17. The fourth-order valence-electron chi connectivity index (χ4n) is 17.7. The quantitative estimate of drug-likeness (QED) is 0.0257. The molecule has 3 saturated heterocycles. The molecule has 0 unspecified atom stereocenters. The van der Waals surface area contributed by atoms with E-state index in [4.69, 9.17) is 22.9 Å². The highest BCUT2D eigenvalue weighted by Gasteiger charge is 2.46. The maximum absolute atomic E-state index is 14.5. The topological polar surface area (TPSA) is 565 Å². The van der Waals surface area contributed by atoms with Crippen LogP contribution in [0.1, 0.15) is 196 Å². The average molecular weight is 1610 g/mol. The summed E-state index contributed by atoms with van der Waals surface area (Å²) in [5.41, 5.74) is 23.4. The lowest BCUT2D eigenvalue weighted by Crippen LogP contribution is -2.57. The Morgan fingerprint density at radius 3 is 0.877 bits per heavy atom. The molecule has 5 aliphatic carbocycles. The van der Waals surface area contributed by atoms with Gasteiger partial charge in [-0.3, -0.25) is 71.9 Å². The Bertz CT molecular complexity index is 3370. The number of nitrogens with two attached hydrogens (primary N) is 4. The van der Waals surface area contributed by atoms with Gasteiger partial charge in [-0.2, -0.15) is 0 Å². The van der Waals surface area contributed by atoms with Crippen molar-refractivity contribution in [2.75, 3.05) is 52.4 Å². The molecular weight excluding hydrogens is 1470 g/mol. The third-order valence-electron chi connectivity index (χ3n) is 24.4. The summed E-state index contributed by atoms with van der Waals surface area (Å²) in [5, 5.41) is 50.1. The second kappa shape index (κ2) is 44.2. The predicted molar refractivity (Wildman–Crippen MR) is 422 cm³/mol. The molecule has 0 aromatic rings. The lowest BCUT2D eigenvalue weighted by molar-refractivity contribution is -0.135. The first-order valence-corrected chi connectivity index (χ1v) is 42.2. The van der Waals surface area contributed by atoms with E-state index in [-0.39, 0.29) is 56.1 Å². The van der Waals surface area contributed by atoms with E-state index in [2.05, 4.69) is 90.4 Å². The molecule has 15 amide bonds. The molecule has 36 nitrogen and oxygen atoms in total. The SMILES string of the molecule is CC(C)C[C@H](NC(=O)[C@H]1CCC[C@@H]1NC(=O)[C@H](CCCCN)NC(=O)[C@H]1CCC[C@@H]1NC(=O)[C@H](C)NC(=O)[C@H]1CNC[C@@H]1NC(=O)[C@H](C)NC(=O)[C@H]1CCC[C@@H]1NC(=O)[C@H](CC(C)C)NC(=O)[C@H]1CNC[C@@H]1N)C(=O)N[C@H]1CCC[C@@H]1C(=O)N[C@@H](CCCCN)C(=O)N[C@H]1CCC[C@@H]1C(=O)N[C@@H](C)C(=O)N[C@H]1CNC[C@@H]1C(N)=O. The van der Waals surface area contributed by atoms with Crippen LogP contribution >= 0.6 is 0 Å². The van der Waals surface area contributed by atoms with Crippen molar-refractivity contribution in [2.24, 2.45) is 82.1 Å². The molecule has 8 aliphatic rings. The van der Waals surface area contributed by atoms with Gasteiger partial charge in [0.1, 0.15) is 42.3 Å². The van der Waals surface area contributed by atoms with Gasteiger partial charge in [-0.05, 0) is 161 Å².